The van der Waals surface area contributed by atoms with E-state index >= 15 is 0 Å². The van der Waals surface area contributed by atoms with E-state index in [1.54, 1.807) is 11.8 Å². The van der Waals surface area contributed by atoms with Crippen molar-refractivity contribution in [2.45, 2.75) is 38.8 Å². The van der Waals surface area contributed by atoms with Crippen LogP contribution in [0.2, 0.25) is 0 Å². The number of methoxy groups -OCH3 is 1. The smallest absolute Gasteiger partial charge is 0.407 e. The molecule has 0 bridgehead atoms. The number of carboxylic acids is 1. The van der Waals surface area contributed by atoms with Crippen LogP contribution in [0, 0.1) is 0 Å². The number of ether oxygens (including phenoxy) is 1. The molecule has 1 rings (SSSR count). The summed E-state index contributed by atoms with van der Waals surface area (Å²) in [6.45, 7) is 4.92. The Morgan fingerprint density at radius 1 is 1.48 bits per heavy atom. The number of aliphatic carboxylic acids is 1. The van der Waals surface area contributed by atoms with Gasteiger partial charge >= 0.3 is 18.1 Å². The molecule has 0 radical (unpaired) electrons. The molecule has 0 aromatic heterocycles. The zero-order valence-electron chi connectivity index (χ0n) is 12.7. The minimum Gasteiger partial charge on any atom is -0.481 e. The van der Waals surface area contributed by atoms with Crippen molar-refractivity contribution in [1.82, 2.24) is 15.1 Å². The summed E-state index contributed by atoms with van der Waals surface area (Å²) in [6.07, 6.45) is 0.0593. The minimum atomic E-state index is -0.930. The molecule has 2 atom stereocenters. The van der Waals surface area contributed by atoms with E-state index in [9.17, 15) is 14.4 Å². The number of hydrogen-bond donors (Lipinski definition) is 2. The average Bonchev–Trinajstić information content (AvgIpc) is 2.86. The highest BCUT2D eigenvalue weighted by molar-refractivity contribution is 5.76. The van der Waals surface area contributed by atoms with E-state index in [1.807, 2.05) is 6.92 Å². The third-order valence-corrected chi connectivity index (χ3v) is 3.55. The summed E-state index contributed by atoms with van der Waals surface area (Å²) in [5, 5.41) is 11.5. The van der Waals surface area contributed by atoms with Crippen LogP contribution in [-0.4, -0.2) is 71.8 Å². The van der Waals surface area contributed by atoms with Gasteiger partial charge in [0.2, 0.25) is 0 Å². The van der Waals surface area contributed by atoms with Gasteiger partial charge in [-0.05, 0) is 20.3 Å². The summed E-state index contributed by atoms with van der Waals surface area (Å²) < 4.78 is 4.53. The molecule has 0 aromatic rings. The van der Waals surface area contributed by atoms with Gasteiger partial charge in [-0.25, -0.2) is 9.59 Å². The molecule has 21 heavy (non-hydrogen) atoms. The molecule has 8 nitrogen and oxygen atoms in total. The highest BCUT2D eigenvalue weighted by Gasteiger charge is 2.31. The van der Waals surface area contributed by atoms with E-state index in [1.165, 1.54) is 12.0 Å². The van der Waals surface area contributed by atoms with Crippen molar-refractivity contribution in [3.63, 3.8) is 0 Å². The number of rotatable bonds is 5. The topological polar surface area (TPSA) is 99.2 Å². The Morgan fingerprint density at radius 3 is 2.67 bits per heavy atom. The van der Waals surface area contributed by atoms with Crippen molar-refractivity contribution >= 4 is 18.1 Å². The van der Waals surface area contributed by atoms with Gasteiger partial charge in [-0.1, -0.05) is 0 Å². The van der Waals surface area contributed by atoms with Gasteiger partial charge in [0.15, 0.2) is 0 Å². The number of urea groups is 1. The van der Waals surface area contributed by atoms with E-state index in [-0.39, 0.29) is 24.5 Å². The fraction of sp³-hybridized carbons (Fsp3) is 0.769. The Kier molecular flexibility index (Phi) is 6.26. The maximum absolute atomic E-state index is 12.4. The van der Waals surface area contributed by atoms with Crippen molar-refractivity contribution in [3.8, 4) is 0 Å². The van der Waals surface area contributed by atoms with Crippen LogP contribution >= 0.6 is 0 Å². The molecule has 1 saturated heterocycles. The molecule has 1 aliphatic heterocycles. The summed E-state index contributed by atoms with van der Waals surface area (Å²) in [5.41, 5.74) is 0. The van der Waals surface area contributed by atoms with Gasteiger partial charge in [0.1, 0.15) is 0 Å². The van der Waals surface area contributed by atoms with Crippen molar-refractivity contribution in [2.75, 3.05) is 26.7 Å². The van der Waals surface area contributed by atoms with Crippen LogP contribution in [0.25, 0.3) is 0 Å². The zero-order chi connectivity index (χ0) is 16.0. The summed E-state index contributed by atoms with van der Waals surface area (Å²) in [6, 6.07) is -0.692. The number of carbonyl (C=O) groups is 3. The maximum Gasteiger partial charge on any atom is 0.407 e. The van der Waals surface area contributed by atoms with Crippen LogP contribution in [0.4, 0.5) is 9.59 Å². The lowest BCUT2D eigenvalue weighted by Gasteiger charge is -2.31. The number of carbonyl (C=O) groups excluding carboxylic acids is 2. The summed E-state index contributed by atoms with van der Waals surface area (Å²) in [7, 11) is 1.29. The standard InChI is InChI=1S/C13H23N3O5/c1-4-16(9(2)7-11(17)18)13(20)15-6-5-10(8-15)14-12(19)21-3/h9-10H,4-8H2,1-3H3,(H,14,19)(H,17,18). The Morgan fingerprint density at radius 2 is 2.14 bits per heavy atom. The zero-order valence-corrected chi connectivity index (χ0v) is 12.7. The molecule has 0 spiro atoms. The van der Waals surface area contributed by atoms with Crippen LogP contribution in [0.3, 0.4) is 0 Å². The second kappa shape index (κ2) is 7.70. The molecule has 1 aliphatic rings. The average molecular weight is 301 g/mol. The molecule has 0 saturated carbocycles. The summed E-state index contributed by atoms with van der Waals surface area (Å²) in [4.78, 5) is 37.5. The van der Waals surface area contributed by atoms with Crippen LogP contribution in [0.15, 0.2) is 0 Å². The number of carboxylic acid groups (broad SMARTS) is 1. The quantitative estimate of drug-likeness (QED) is 0.779. The maximum atomic E-state index is 12.4. The van der Waals surface area contributed by atoms with Gasteiger partial charge in [-0.3, -0.25) is 4.79 Å². The van der Waals surface area contributed by atoms with E-state index in [0.717, 1.165) is 0 Å². The fourth-order valence-electron chi connectivity index (χ4n) is 2.46. The first-order chi connectivity index (χ1) is 9.88. The lowest BCUT2D eigenvalue weighted by atomic mass is 10.2. The predicted octanol–water partition coefficient (Wildman–Crippen LogP) is 0.722. The lowest BCUT2D eigenvalue weighted by molar-refractivity contribution is -0.138. The molecule has 0 aromatic carbocycles. The van der Waals surface area contributed by atoms with Gasteiger partial charge in [0.05, 0.1) is 19.6 Å². The van der Waals surface area contributed by atoms with Crippen LogP contribution < -0.4 is 5.32 Å². The predicted molar refractivity (Wildman–Crippen MR) is 75.0 cm³/mol. The molecular weight excluding hydrogens is 278 g/mol. The normalized spacial score (nSPS) is 19.0. The third-order valence-electron chi connectivity index (χ3n) is 3.55. The molecule has 1 fully saturated rings. The number of nitrogens with zero attached hydrogens (tertiary/aromatic N) is 2. The Balaban J connectivity index is 2.57. The Bertz CT molecular complexity index is 401. The molecule has 8 heteroatoms. The molecule has 2 N–H and O–H groups in total. The third kappa shape index (κ3) is 4.80. The first-order valence-electron chi connectivity index (χ1n) is 7.00. The molecule has 1 heterocycles. The van der Waals surface area contributed by atoms with Crippen molar-refractivity contribution in [1.29, 1.82) is 0 Å². The van der Waals surface area contributed by atoms with Crippen LogP contribution in [0.5, 0.6) is 0 Å². The number of likely N-dealkylation sites (tertiary alicyclic amines) is 1. The largest absolute Gasteiger partial charge is 0.481 e. The van der Waals surface area contributed by atoms with Crippen molar-refractivity contribution in [3.05, 3.63) is 0 Å². The van der Waals surface area contributed by atoms with E-state index in [4.69, 9.17) is 5.11 Å². The first-order valence-corrected chi connectivity index (χ1v) is 7.00. The Labute approximate surface area is 124 Å². The number of alkyl carbamates (subject to hydrolysis) is 1. The molecular formula is C13H23N3O5. The summed E-state index contributed by atoms with van der Waals surface area (Å²) >= 11 is 0. The fourth-order valence-corrected chi connectivity index (χ4v) is 2.46. The Hall–Kier alpha value is -1.99. The van der Waals surface area contributed by atoms with Gasteiger partial charge in [-0.15, -0.1) is 0 Å². The van der Waals surface area contributed by atoms with Crippen molar-refractivity contribution < 1.29 is 24.2 Å². The first kappa shape index (κ1) is 17.1. The highest BCUT2D eigenvalue weighted by atomic mass is 16.5. The molecule has 0 aliphatic carbocycles. The van der Waals surface area contributed by atoms with Gasteiger partial charge in [0.25, 0.3) is 0 Å². The number of nitrogens with one attached hydrogen (secondary N) is 1. The lowest BCUT2D eigenvalue weighted by Crippen LogP contribution is -2.48. The van der Waals surface area contributed by atoms with Gasteiger partial charge in [0, 0.05) is 25.7 Å². The van der Waals surface area contributed by atoms with Crippen LogP contribution in [-0.2, 0) is 9.53 Å². The van der Waals surface area contributed by atoms with Gasteiger partial charge in [-0.2, -0.15) is 0 Å². The summed E-state index contributed by atoms with van der Waals surface area (Å²) in [5.74, 6) is -0.930. The molecule has 3 amide bonds. The van der Waals surface area contributed by atoms with E-state index < -0.39 is 12.1 Å². The number of amides is 3. The molecule has 120 valence electrons. The monoisotopic (exact) mass is 301 g/mol. The second-order valence-corrected chi connectivity index (χ2v) is 5.08. The van der Waals surface area contributed by atoms with Crippen molar-refractivity contribution in [2.24, 2.45) is 0 Å². The molecule has 2 unspecified atom stereocenters. The number of hydrogen-bond acceptors (Lipinski definition) is 4. The van der Waals surface area contributed by atoms with Crippen LogP contribution in [0.1, 0.15) is 26.7 Å². The second-order valence-electron chi connectivity index (χ2n) is 5.08. The van der Waals surface area contributed by atoms with E-state index in [2.05, 4.69) is 10.1 Å². The highest BCUT2D eigenvalue weighted by Crippen LogP contribution is 2.15. The minimum absolute atomic E-state index is 0.0861. The van der Waals surface area contributed by atoms with Gasteiger partial charge < -0.3 is 25.0 Å². The van der Waals surface area contributed by atoms with E-state index in [0.29, 0.717) is 26.1 Å². The SMILES string of the molecule is CCN(C(=O)N1CCC(NC(=O)OC)C1)C(C)CC(=O)O.